The van der Waals surface area contributed by atoms with Crippen molar-refractivity contribution < 1.29 is 0 Å². The van der Waals surface area contributed by atoms with Crippen molar-refractivity contribution in [2.75, 3.05) is 0 Å². The number of aromatic nitrogens is 5. The highest BCUT2D eigenvalue weighted by Crippen LogP contribution is 2.31. The largest absolute Gasteiger partial charge is 0.258 e. The molecule has 3 heterocycles. The quantitative estimate of drug-likeness (QED) is 0.553. The van der Waals surface area contributed by atoms with Crippen LogP contribution in [0.2, 0.25) is 0 Å². The molecule has 0 bridgehead atoms. The van der Waals surface area contributed by atoms with E-state index in [1.807, 2.05) is 41.8 Å². The number of hydrogen-bond acceptors (Lipinski definition) is 6. The van der Waals surface area contributed by atoms with Gasteiger partial charge in [0.1, 0.15) is 15.0 Å². The first-order chi connectivity index (χ1) is 9.84. The molecule has 0 aliphatic heterocycles. The van der Waals surface area contributed by atoms with E-state index in [2.05, 4.69) is 40.9 Å². The highest BCUT2D eigenvalue weighted by Gasteiger charge is 2.07. The minimum Gasteiger partial charge on any atom is -0.258 e. The second-order valence-electron chi connectivity index (χ2n) is 3.70. The van der Waals surface area contributed by atoms with Gasteiger partial charge in [0, 0.05) is 0 Å². The summed E-state index contributed by atoms with van der Waals surface area (Å²) < 4.78 is 4.83. The first kappa shape index (κ1) is 13.3. The van der Waals surface area contributed by atoms with Crippen LogP contribution < -0.4 is 0 Å². The second kappa shape index (κ2) is 6.21. The molecule has 1 N–H and O–H groups in total. The summed E-state index contributed by atoms with van der Waals surface area (Å²) in [4.78, 5) is 1.16. The third kappa shape index (κ3) is 2.92. The summed E-state index contributed by atoms with van der Waals surface area (Å²) in [5.74, 6) is 0. The maximum atomic E-state index is 3.99. The number of hydrogen-bond donors (Lipinski definition) is 1. The number of halogens is 1. The van der Waals surface area contributed by atoms with Crippen LogP contribution >= 0.6 is 38.8 Å². The predicted molar refractivity (Wildman–Crippen MR) is 84.8 cm³/mol. The van der Waals surface area contributed by atoms with E-state index in [4.69, 9.17) is 0 Å². The molecule has 3 aromatic heterocycles. The lowest BCUT2D eigenvalue weighted by atomic mass is 10.3. The van der Waals surface area contributed by atoms with E-state index in [1.165, 1.54) is 11.5 Å². The SMILES string of the molecule is Brc1snnc1-c1cccs1.c1ccc2[nH]nnc2c1. The van der Waals surface area contributed by atoms with Crippen molar-refractivity contribution in [1.29, 1.82) is 0 Å². The molecule has 0 saturated carbocycles. The lowest BCUT2D eigenvalue weighted by molar-refractivity contribution is 0.959. The number of para-hydroxylation sites is 1. The van der Waals surface area contributed by atoms with Gasteiger partial charge in [-0.15, -0.1) is 21.5 Å². The zero-order chi connectivity index (χ0) is 13.8. The summed E-state index contributed by atoms with van der Waals surface area (Å²) in [6, 6.07) is 11.8. The Labute approximate surface area is 131 Å². The average Bonchev–Trinajstić information content (AvgIpc) is 3.20. The smallest absolute Gasteiger partial charge is 0.130 e. The summed E-state index contributed by atoms with van der Waals surface area (Å²) in [6.45, 7) is 0. The van der Waals surface area contributed by atoms with E-state index < -0.39 is 0 Å². The lowest BCUT2D eigenvalue weighted by Gasteiger charge is -1.86. The molecule has 0 spiro atoms. The summed E-state index contributed by atoms with van der Waals surface area (Å²) in [5.41, 5.74) is 2.85. The molecule has 0 atom stereocenters. The van der Waals surface area contributed by atoms with E-state index >= 15 is 0 Å². The van der Waals surface area contributed by atoms with Crippen LogP contribution in [-0.2, 0) is 0 Å². The van der Waals surface area contributed by atoms with Gasteiger partial charge in [-0.05, 0) is 51.0 Å². The summed E-state index contributed by atoms with van der Waals surface area (Å²) in [6.07, 6.45) is 0. The van der Waals surface area contributed by atoms with Gasteiger partial charge in [-0.1, -0.05) is 27.9 Å². The molecule has 0 unspecified atom stereocenters. The van der Waals surface area contributed by atoms with E-state index in [-0.39, 0.29) is 0 Å². The minimum absolute atomic E-state index is 0.914. The normalized spacial score (nSPS) is 10.2. The van der Waals surface area contributed by atoms with Crippen molar-refractivity contribution in [3.63, 3.8) is 0 Å². The fourth-order valence-corrected chi connectivity index (χ4v) is 3.36. The average molecular weight is 366 g/mol. The van der Waals surface area contributed by atoms with Crippen molar-refractivity contribution in [1.82, 2.24) is 25.0 Å². The first-order valence-electron chi connectivity index (χ1n) is 5.62. The number of benzene rings is 1. The van der Waals surface area contributed by atoms with Crippen LogP contribution in [0, 0.1) is 0 Å². The van der Waals surface area contributed by atoms with Crippen LogP contribution in [0.25, 0.3) is 21.6 Å². The monoisotopic (exact) mass is 365 g/mol. The van der Waals surface area contributed by atoms with E-state index in [1.54, 1.807) is 11.3 Å². The Morgan fingerprint density at radius 1 is 1.05 bits per heavy atom. The maximum Gasteiger partial charge on any atom is 0.130 e. The molecule has 0 aliphatic rings. The van der Waals surface area contributed by atoms with Crippen molar-refractivity contribution in [2.45, 2.75) is 0 Å². The number of fused-ring (bicyclic) bond motifs is 1. The Morgan fingerprint density at radius 3 is 2.65 bits per heavy atom. The molecule has 1 aromatic carbocycles. The third-order valence-electron chi connectivity index (χ3n) is 2.43. The van der Waals surface area contributed by atoms with Crippen LogP contribution in [0.15, 0.2) is 45.6 Å². The van der Waals surface area contributed by atoms with Crippen molar-refractivity contribution in [3.05, 3.63) is 45.6 Å². The fourth-order valence-electron chi connectivity index (χ4n) is 1.53. The van der Waals surface area contributed by atoms with Gasteiger partial charge in [-0.3, -0.25) is 5.10 Å². The molecular weight excluding hydrogens is 358 g/mol. The minimum atomic E-state index is 0.914. The highest BCUT2D eigenvalue weighted by atomic mass is 79.9. The van der Waals surface area contributed by atoms with Crippen LogP contribution in [0.5, 0.6) is 0 Å². The number of nitrogens with zero attached hydrogens (tertiary/aromatic N) is 4. The molecule has 0 saturated heterocycles. The number of aromatic amines is 1. The highest BCUT2D eigenvalue weighted by molar-refractivity contribution is 9.11. The predicted octanol–water partition coefficient (Wildman–Crippen LogP) is 3.99. The Morgan fingerprint density at radius 2 is 1.95 bits per heavy atom. The molecule has 0 aliphatic carbocycles. The van der Waals surface area contributed by atoms with Gasteiger partial charge in [0.2, 0.25) is 0 Å². The van der Waals surface area contributed by atoms with Gasteiger partial charge in [0.25, 0.3) is 0 Å². The third-order valence-corrected chi connectivity index (χ3v) is 4.64. The van der Waals surface area contributed by atoms with Crippen LogP contribution in [0.4, 0.5) is 0 Å². The first-order valence-corrected chi connectivity index (χ1v) is 8.07. The topological polar surface area (TPSA) is 67.3 Å². The van der Waals surface area contributed by atoms with E-state index in [0.29, 0.717) is 0 Å². The molecular formula is C12H8BrN5S2. The second-order valence-corrected chi connectivity index (χ2v) is 6.72. The molecule has 0 amide bonds. The summed E-state index contributed by atoms with van der Waals surface area (Å²) in [7, 11) is 0. The lowest BCUT2D eigenvalue weighted by Crippen LogP contribution is -1.71. The van der Waals surface area contributed by atoms with Crippen LogP contribution in [0.3, 0.4) is 0 Å². The molecule has 4 aromatic rings. The molecule has 0 fully saturated rings. The van der Waals surface area contributed by atoms with Gasteiger partial charge in [0.05, 0.1) is 10.4 Å². The number of H-pyrrole nitrogens is 1. The van der Waals surface area contributed by atoms with Crippen molar-refractivity contribution in [2.24, 2.45) is 0 Å². The maximum absolute atomic E-state index is 3.99. The Kier molecular flexibility index (Phi) is 4.14. The fraction of sp³-hybridized carbons (Fsp3) is 0. The molecule has 4 rings (SSSR count). The molecule has 8 heteroatoms. The number of rotatable bonds is 1. The molecule has 20 heavy (non-hydrogen) atoms. The van der Waals surface area contributed by atoms with Gasteiger partial charge in [-0.2, -0.15) is 0 Å². The summed E-state index contributed by atoms with van der Waals surface area (Å²) in [5, 5.41) is 16.2. The molecule has 5 nitrogen and oxygen atoms in total. The van der Waals surface area contributed by atoms with E-state index in [0.717, 1.165) is 25.4 Å². The van der Waals surface area contributed by atoms with Gasteiger partial charge < -0.3 is 0 Å². The zero-order valence-corrected chi connectivity index (χ0v) is 13.2. The molecule has 100 valence electrons. The summed E-state index contributed by atoms with van der Waals surface area (Å²) >= 11 is 6.42. The Balaban J connectivity index is 0.000000123. The zero-order valence-electron chi connectivity index (χ0n) is 10.0. The van der Waals surface area contributed by atoms with Gasteiger partial charge >= 0.3 is 0 Å². The van der Waals surface area contributed by atoms with Crippen LogP contribution in [0.1, 0.15) is 0 Å². The Bertz CT molecular complexity index is 763. The van der Waals surface area contributed by atoms with Crippen molar-refractivity contribution >= 4 is 49.8 Å². The van der Waals surface area contributed by atoms with Crippen LogP contribution in [-0.4, -0.2) is 25.0 Å². The van der Waals surface area contributed by atoms with Gasteiger partial charge in [-0.25, -0.2) is 0 Å². The molecule has 0 radical (unpaired) electrons. The van der Waals surface area contributed by atoms with Gasteiger partial charge in [0.15, 0.2) is 0 Å². The van der Waals surface area contributed by atoms with Crippen molar-refractivity contribution in [3.8, 4) is 10.6 Å². The Hall–Kier alpha value is -1.64. The standard InChI is InChI=1S/C6H3BrN2S2.C6H5N3/c7-6-5(8-9-11-6)4-2-1-3-10-4;1-2-4-6-5(3-1)7-9-8-6/h1-3H;1-4H,(H,7,8,9). The number of thiophene rings is 1. The number of nitrogens with one attached hydrogen (secondary N) is 1. The van der Waals surface area contributed by atoms with E-state index in [9.17, 15) is 0 Å².